The number of hydrogen-bond donors (Lipinski definition) is 2. The smallest absolute Gasteiger partial charge is 0.375 e. The molecule has 5 aromatic rings. The molecule has 20 heteroatoms. The summed E-state index contributed by atoms with van der Waals surface area (Å²) in [6, 6.07) is 18.5. The Morgan fingerprint density at radius 3 is 1.27 bits per heavy atom. The van der Waals surface area contributed by atoms with Gasteiger partial charge in [-0.3, -0.25) is 19.2 Å². The molecule has 0 aliphatic carbocycles. The van der Waals surface area contributed by atoms with Gasteiger partial charge in [0.2, 0.25) is 0 Å². The van der Waals surface area contributed by atoms with Crippen molar-refractivity contribution >= 4 is 63.0 Å². The first-order valence-corrected chi connectivity index (χ1v) is 17.9. The number of nitrogens with zero attached hydrogens (tertiary/aromatic N) is 1. The summed E-state index contributed by atoms with van der Waals surface area (Å²) < 4.78 is 174. The van der Waals surface area contributed by atoms with Gasteiger partial charge in [0, 0.05) is 20.3 Å². The largest absolute Gasteiger partial charge is 0.435 e. The molecule has 0 saturated heterocycles. The molecular formula is C40H24F12IN3O4. The molecule has 0 unspecified atom stereocenters. The monoisotopic (exact) mass is 965 g/mol. The molecule has 5 rings (SSSR count). The number of halogens is 13. The molecule has 0 fully saturated rings. The lowest BCUT2D eigenvalue weighted by Gasteiger charge is -2.33. The zero-order chi connectivity index (χ0) is 44.4. The van der Waals surface area contributed by atoms with Gasteiger partial charge in [-0.15, -0.1) is 0 Å². The summed E-state index contributed by atoms with van der Waals surface area (Å²) in [5.41, 5.74) is -17.3. The first-order chi connectivity index (χ1) is 28.0. The topological polar surface area (TPSA) is 95.6 Å². The van der Waals surface area contributed by atoms with E-state index in [1.807, 2.05) is 0 Å². The highest BCUT2D eigenvalue weighted by Crippen LogP contribution is 2.56. The van der Waals surface area contributed by atoms with Crippen LogP contribution in [0.5, 0.6) is 0 Å². The van der Waals surface area contributed by atoms with E-state index in [9.17, 15) is 58.7 Å². The van der Waals surface area contributed by atoms with E-state index in [1.165, 1.54) is 48.5 Å². The second kappa shape index (κ2) is 17.3. The Morgan fingerprint density at radius 1 is 0.517 bits per heavy atom. The lowest BCUT2D eigenvalue weighted by atomic mass is 9.91. The summed E-state index contributed by atoms with van der Waals surface area (Å²) in [4.78, 5) is 53.3. The average Bonchev–Trinajstić information content (AvgIpc) is 3.19. The fraction of sp³-hybridized carbons (Fsp3) is 0.150. The molecule has 7 nitrogen and oxygen atoms in total. The first-order valence-electron chi connectivity index (χ1n) is 16.8. The van der Waals surface area contributed by atoms with E-state index in [0.29, 0.717) is 34.7 Å². The van der Waals surface area contributed by atoms with Crippen LogP contribution in [0.4, 0.5) is 69.7 Å². The molecule has 0 radical (unpaired) electrons. The van der Waals surface area contributed by atoms with E-state index in [0.717, 1.165) is 24.3 Å². The highest BCUT2D eigenvalue weighted by atomic mass is 127. The Labute approximate surface area is 344 Å². The van der Waals surface area contributed by atoms with Gasteiger partial charge in [0.25, 0.3) is 11.8 Å². The van der Waals surface area contributed by atoms with Gasteiger partial charge < -0.3 is 10.6 Å². The van der Waals surface area contributed by atoms with Crippen molar-refractivity contribution in [1.29, 1.82) is 0 Å². The van der Waals surface area contributed by atoms with Gasteiger partial charge in [0.15, 0.2) is 23.2 Å². The summed E-state index contributed by atoms with van der Waals surface area (Å²) in [5, 5.41) is 4.70. The highest BCUT2D eigenvalue weighted by molar-refractivity contribution is 14.1. The van der Waals surface area contributed by atoms with Gasteiger partial charge >= 0.3 is 24.2 Å². The molecule has 2 N–H and O–H groups in total. The Balaban J connectivity index is 1.72. The predicted molar refractivity (Wildman–Crippen MR) is 202 cm³/mol. The summed E-state index contributed by atoms with van der Waals surface area (Å²) in [6.07, 6.45) is -19.7. The minimum atomic E-state index is -6.91. The second-order valence-corrected chi connectivity index (χ2v) is 13.6. The van der Waals surface area contributed by atoms with Crippen molar-refractivity contribution in [3.05, 3.63) is 158 Å². The lowest BCUT2D eigenvalue weighted by molar-refractivity contribution is -0.349. The van der Waals surface area contributed by atoms with Crippen LogP contribution in [0.15, 0.2) is 109 Å². The number of rotatable bonds is 12. The Kier molecular flexibility index (Phi) is 13.1. The van der Waals surface area contributed by atoms with Crippen LogP contribution >= 0.6 is 22.6 Å². The number of hydrogen-bond acceptors (Lipinski definition) is 6. The molecular weight excluding hydrogens is 941 g/mol. The number of anilines is 3. The highest BCUT2D eigenvalue weighted by Gasteiger charge is 2.74. The lowest BCUT2D eigenvalue weighted by Crippen LogP contribution is -2.51. The van der Waals surface area contributed by atoms with Crippen LogP contribution in [0.3, 0.4) is 0 Å². The summed E-state index contributed by atoms with van der Waals surface area (Å²) in [7, 11) is 0. The van der Waals surface area contributed by atoms with Crippen LogP contribution < -0.4 is 15.5 Å². The number of imide groups is 1. The van der Waals surface area contributed by atoms with Crippen LogP contribution in [0.25, 0.3) is 0 Å². The van der Waals surface area contributed by atoms with Gasteiger partial charge in [0.1, 0.15) is 0 Å². The zero-order valence-corrected chi connectivity index (χ0v) is 32.0. The summed E-state index contributed by atoms with van der Waals surface area (Å²) >= 11 is 0.442. The fourth-order valence-electron chi connectivity index (χ4n) is 5.75. The predicted octanol–water partition coefficient (Wildman–Crippen LogP) is 11.0. The molecule has 2 amide bonds. The number of amides is 2. The maximum absolute atomic E-state index is 16.2. The number of Topliss-reactive ketones (excluding diaryl/α,β-unsaturated/α-hetero) is 2. The average molecular weight is 966 g/mol. The number of benzene rings is 5. The summed E-state index contributed by atoms with van der Waals surface area (Å²) in [5.74, 6) is -9.08. The van der Waals surface area contributed by atoms with Crippen LogP contribution in [0.1, 0.15) is 52.6 Å². The van der Waals surface area contributed by atoms with Gasteiger partial charge in [-0.1, -0.05) is 78.9 Å². The van der Waals surface area contributed by atoms with Crippen LogP contribution in [-0.2, 0) is 11.8 Å². The van der Waals surface area contributed by atoms with Crippen LogP contribution in [-0.4, -0.2) is 48.8 Å². The van der Waals surface area contributed by atoms with Crippen LogP contribution in [0.2, 0.25) is 0 Å². The van der Waals surface area contributed by atoms with Crippen molar-refractivity contribution in [2.24, 2.45) is 0 Å². The molecule has 0 aliphatic rings. The fourth-order valence-corrected chi connectivity index (χ4v) is 6.83. The summed E-state index contributed by atoms with van der Waals surface area (Å²) in [6.45, 7) is -1.32. The van der Waals surface area contributed by atoms with E-state index in [-0.39, 0.29) is 11.1 Å². The second-order valence-electron chi connectivity index (χ2n) is 12.5. The van der Waals surface area contributed by atoms with Crippen molar-refractivity contribution in [1.82, 2.24) is 0 Å². The van der Waals surface area contributed by atoms with Gasteiger partial charge in [-0.25, -0.2) is 18.1 Å². The molecule has 0 aromatic heterocycles. The molecule has 314 valence electrons. The van der Waals surface area contributed by atoms with E-state index in [2.05, 4.69) is 10.6 Å². The molecule has 0 spiro atoms. The van der Waals surface area contributed by atoms with Crippen molar-refractivity contribution in [2.75, 3.05) is 28.6 Å². The van der Waals surface area contributed by atoms with E-state index >= 15 is 13.2 Å². The minimum Gasteiger partial charge on any atom is -0.375 e. The molecule has 0 heterocycles. The van der Waals surface area contributed by atoms with Crippen LogP contribution in [0, 0.1) is 15.2 Å². The van der Waals surface area contributed by atoms with Gasteiger partial charge in [-0.2, -0.15) is 39.5 Å². The molecule has 60 heavy (non-hydrogen) atoms. The van der Waals surface area contributed by atoms with Crippen molar-refractivity contribution in [2.45, 2.75) is 24.2 Å². The Bertz CT molecular complexity index is 2310. The third-order valence-corrected chi connectivity index (χ3v) is 9.82. The zero-order valence-electron chi connectivity index (χ0n) is 29.8. The SMILES string of the molecule is O=C(CNc1cccc(C(=O)N(C(=O)c2cccc(NCC(=O)c3ccccc3)c2F)c2c(C(F)(F)F)ccc(C(F)(C(F)(F)F)C(F)(F)F)c2I)c1F)c1ccccc1. The number of carbonyl (C=O) groups excluding carboxylic acids is 4. The quantitative estimate of drug-likeness (QED) is 0.0560. The molecule has 0 aliphatic heterocycles. The number of nitrogens with one attached hydrogen (secondary N) is 2. The van der Waals surface area contributed by atoms with E-state index < -0.39 is 132 Å². The number of carbonyl (C=O) groups is 4. The molecule has 0 saturated carbocycles. The van der Waals surface area contributed by atoms with E-state index in [4.69, 9.17) is 0 Å². The third-order valence-electron chi connectivity index (χ3n) is 8.73. The van der Waals surface area contributed by atoms with Gasteiger partial charge in [-0.05, 0) is 52.9 Å². The number of alkyl halides is 10. The van der Waals surface area contributed by atoms with E-state index in [1.54, 1.807) is 12.1 Å². The molecule has 5 aromatic carbocycles. The molecule has 0 atom stereocenters. The number of ketones is 2. The van der Waals surface area contributed by atoms with Crippen molar-refractivity contribution < 1.29 is 71.9 Å². The standard InChI is InChI=1S/C40H24F12IN3O4/c41-31-23(13-7-15-27(31)54-19-29(57)21-9-3-1-4-10-21)35(59)56(36(60)24-14-8-16-28(32(24)42)55-20-30(58)22-11-5-2-6-12-22)34-26(38(44,45)46)18-17-25(33(34)53)37(43,39(47,48)49)40(50,51)52/h1-18,54-55H,19-20H2. The van der Waals surface area contributed by atoms with Crippen molar-refractivity contribution in [3.8, 4) is 0 Å². The maximum Gasteiger partial charge on any atom is 0.435 e. The minimum absolute atomic E-state index is 0.133. The third kappa shape index (κ3) is 8.97. The normalized spacial score (nSPS) is 12.2. The first kappa shape index (κ1) is 45.2. The van der Waals surface area contributed by atoms with Crippen molar-refractivity contribution in [3.63, 3.8) is 0 Å². The maximum atomic E-state index is 16.2. The Hall–Kier alpha value is -5.93. The Morgan fingerprint density at radius 2 is 0.900 bits per heavy atom. The molecule has 0 bridgehead atoms. The van der Waals surface area contributed by atoms with Gasteiger partial charge in [0.05, 0.1) is 46.8 Å².